The minimum Gasteiger partial charge on any atom is -0.480 e. The number of hydrogen-bond acceptors (Lipinski definition) is 6. The van der Waals surface area contributed by atoms with E-state index < -0.39 is 41.0 Å². The normalized spacial score (nSPS) is 25.0. The molecule has 2 atom stereocenters. The summed E-state index contributed by atoms with van der Waals surface area (Å²) in [5.41, 5.74) is 0.458. The zero-order valence-electron chi connectivity index (χ0n) is 13.7. The maximum Gasteiger partial charge on any atom is 0.329 e. The molecule has 1 amide bonds. The monoisotopic (exact) mass is 452 g/mol. The van der Waals surface area contributed by atoms with Gasteiger partial charge < -0.3 is 14.7 Å². The number of aliphatic carboxylic acids is 1. The maximum absolute atomic E-state index is 12.0. The largest absolute Gasteiger partial charge is 0.480 e. The van der Waals surface area contributed by atoms with E-state index in [-0.39, 0.29) is 21.9 Å². The van der Waals surface area contributed by atoms with Gasteiger partial charge in [-0.3, -0.25) is 4.79 Å². The predicted octanol–water partition coefficient (Wildman–Crippen LogP) is 1.70. The van der Waals surface area contributed by atoms with E-state index in [4.69, 9.17) is 33.0 Å². The number of ether oxygens (including phenoxy) is 1. The zero-order chi connectivity index (χ0) is 19.8. The van der Waals surface area contributed by atoms with E-state index >= 15 is 0 Å². The molecule has 1 aromatic rings. The van der Waals surface area contributed by atoms with Gasteiger partial charge in [-0.2, -0.15) is 4.99 Å². The third-order valence-corrected chi connectivity index (χ3v) is 7.67. The first-order valence-corrected chi connectivity index (χ1v) is 11.1. The van der Waals surface area contributed by atoms with E-state index in [0.29, 0.717) is 15.7 Å². The van der Waals surface area contributed by atoms with Crippen molar-refractivity contribution in [3.05, 3.63) is 28.2 Å². The van der Waals surface area contributed by atoms with Crippen molar-refractivity contribution in [3.63, 3.8) is 0 Å². The molecule has 2 aliphatic rings. The summed E-state index contributed by atoms with van der Waals surface area (Å²) in [4.78, 5) is 28.1. The second-order valence-corrected chi connectivity index (χ2v) is 10.1. The van der Waals surface area contributed by atoms with Crippen LogP contribution in [0.5, 0.6) is 0 Å². The van der Waals surface area contributed by atoms with Crippen molar-refractivity contribution < 1.29 is 27.9 Å². The second kappa shape index (κ2) is 7.96. The number of carbonyl (C=O) groups is 2. The number of benzene rings is 1. The number of thioether (sulfide) groups is 1. The van der Waals surface area contributed by atoms with Crippen LogP contribution in [0.15, 0.2) is 23.2 Å². The molecule has 0 saturated carbocycles. The minimum atomic E-state index is -3.21. The van der Waals surface area contributed by atoms with Crippen LogP contribution < -0.4 is 4.90 Å². The number of anilines is 1. The number of sulfone groups is 1. The summed E-state index contributed by atoms with van der Waals surface area (Å²) < 4.78 is 28.8. The van der Waals surface area contributed by atoms with Crippen molar-refractivity contribution in [1.82, 2.24) is 0 Å². The second-order valence-electron chi connectivity index (χ2n) is 5.94. The lowest BCUT2D eigenvalue weighted by Crippen LogP contribution is -2.38. The molecule has 2 saturated heterocycles. The highest BCUT2D eigenvalue weighted by molar-refractivity contribution is 8.16. The first kappa shape index (κ1) is 20.4. The Morgan fingerprint density at radius 2 is 2.04 bits per heavy atom. The molecule has 27 heavy (non-hydrogen) atoms. The number of fused-ring (bicyclic) bond motifs is 1. The van der Waals surface area contributed by atoms with Crippen LogP contribution in [-0.4, -0.2) is 66.6 Å². The van der Waals surface area contributed by atoms with Crippen LogP contribution in [0.4, 0.5) is 5.69 Å². The Morgan fingerprint density at radius 3 is 2.74 bits per heavy atom. The maximum atomic E-state index is 12.0. The molecule has 1 aromatic carbocycles. The van der Waals surface area contributed by atoms with Crippen molar-refractivity contribution in [2.45, 2.75) is 11.3 Å². The van der Waals surface area contributed by atoms with Gasteiger partial charge >= 0.3 is 5.97 Å². The Hall–Kier alpha value is -1.33. The Morgan fingerprint density at radius 1 is 1.30 bits per heavy atom. The third kappa shape index (κ3) is 4.75. The highest BCUT2D eigenvalue weighted by Gasteiger charge is 2.49. The van der Waals surface area contributed by atoms with Gasteiger partial charge in [0, 0.05) is 10.3 Å². The smallest absolute Gasteiger partial charge is 0.329 e. The number of amidine groups is 1. The SMILES string of the molecule is O=C(O)COCC(=O)N=C1S[C@H]2CS(=O)(=O)C[C@@H]2N1c1cc(Cl)ccc1Cl. The minimum absolute atomic E-state index is 0.0280. The first-order chi connectivity index (χ1) is 12.7. The van der Waals surface area contributed by atoms with Crippen LogP contribution in [0.3, 0.4) is 0 Å². The molecule has 2 heterocycles. The molecule has 0 aromatic heterocycles. The number of carboxylic acids is 1. The average Bonchev–Trinajstić information content (AvgIpc) is 3.00. The van der Waals surface area contributed by atoms with Crippen LogP contribution >= 0.6 is 35.0 Å². The molecule has 0 radical (unpaired) electrons. The van der Waals surface area contributed by atoms with Crippen molar-refractivity contribution in [3.8, 4) is 0 Å². The molecule has 3 rings (SSSR count). The van der Waals surface area contributed by atoms with E-state index in [2.05, 4.69) is 4.99 Å². The first-order valence-electron chi connectivity index (χ1n) is 7.69. The molecule has 2 aliphatic heterocycles. The van der Waals surface area contributed by atoms with Crippen LogP contribution in [0.25, 0.3) is 0 Å². The van der Waals surface area contributed by atoms with E-state index in [1.165, 1.54) is 11.8 Å². The molecule has 0 bridgehead atoms. The Kier molecular flexibility index (Phi) is 6.02. The van der Waals surface area contributed by atoms with Gasteiger partial charge in [-0.1, -0.05) is 35.0 Å². The number of rotatable bonds is 5. The Labute approximate surface area is 169 Å². The number of carboxylic acid groups (broad SMARTS) is 1. The number of amides is 1. The number of halogens is 2. The molecule has 8 nitrogen and oxygen atoms in total. The van der Waals surface area contributed by atoms with E-state index in [9.17, 15) is 18.0 Å². The van der Waals surface area contributed by atoms with E-state index in [0.717, 1.165) is 0 Å². The van der Waals surface area contributed by atoms with E-state index in [1.54, 1.807) is 23.1 Å². The summed E-state index contributed by atoms with van der Waals surface area (Å²) in [6.07, 6.45) is 0. The number of carbonyl (C=O) groups excluding carboxylic acids is 1. The number of aliphatic imine (C=N–C) groups is 1. The molecule has 12 heteroatoms. The lowest BCUT2D eigenvalue weighted by Gasteiger charge is -2.25. The predicted molar refractivity (Wildman–Crippen MR) is 104 cm³/mol. The van der Waals surface area contributed by atoms with Crippen molar-refractivity contribution >= 4 is 67.5 Å². The molecular formula is C15H14Cl2N2O6S2. The fraction of sp³-hybridized carbons (Fsp3) is 0.400. The lowest BCUT2D eigenvalue weighted by atomic mass is 10.2. The Bertz CT molecular complexity index is 921. The molecule has 0 unspecified atom stereocenters. The van der Waals surface area contributed by atoms with Crippen LogP contribution in [0.2, 0.25) is 10.0 Å². The van der Waals surface area contributed by atoms with E-state index in [1.807, 2.05) is 0 Å². The molecule has 2 fully saturated rings. The summed E-state index contributed by atoms with van der Waals surface area (Å²) in [5.74, 6) is -1.99. The topological polar surface area (TPSA) is 113 Å². The number of nitrogens with zero attached hydrogens (tertiary/aromatic N) is 2. The van der Waals surface area contributed by atoms with Crippen LogP contribution in [0, 0.1) is 0 Å². The molecule has 146 valence electrons. The van der Waals surface area contributed by atoms with Gasteiger partial charge in [0.25, 0.3) is 5.91 Å². The molecule has 1 N–H and O–H groups in total. The summed E-state index contributed by atoms with van der Waals surface area (Å²) >= 11 is 13.5. The van der Waals surface area contributed by atoms with Crippen LogP contribution in [0.1, 0.15) is 0 Å². The molecule has 0 aliphatic carbocycles. The van der Waals surface area contributed by atoms with Gasteiger partial charge in [-0.15, -0.1) is 0 Å². The van der Waals surface area contributed by atoms with Gasteiger partial charge in [0.15, 0.2) is 15.0 Å². The van der Waals surface area contributed by atoms with Gasteiger partial charge in [-0.25, -0.2) is 13.2 Å². The number of hydrogen-bond donors (Lipinski definition) is 1. The lowest BCUT2D eigenvalue weighted by molar-refractivity contribution is -0.143. The quantitative estimate of drug-likeness (QED) is 0.717. The van der Waals surface area contributed by atoms with Gasteiger partial charge in [0.2, 0.25) is 0 Å². The van der Waals surface area contributed by atoms with Crippen LogP contribution in [-0.2, 0) is 24.2 Å². The van der Waals surface area contributed by atoms with Crippen molar-refractivity contribution in [1.29, 1.82) is 0 Å². The van der Waals surface area contributed by atoms with Gasteiger partial charge in [0.1, 0.15) is 13.2 Å². The fourth-order valence-electron chi connectivity index (χ4n) is 2.88. The summed E-state index contributed by atoms with van der Waals surface area (Å²) in [7, 11) is -3.21. The highest BCUT2D eigenvalue weighted by atomic mass is 35.5. The standard InChI is InChI=1S/C15H14Cl2N2O6S2/c16-8-1-2-9(17)10(3-8)19-11-6-27(23,24)7-12(11)26-15(19)18-13(20)4-25-5-14(21)22/h1-3,11-12H,4-7H2,(H,21,22)/t11-,12-/m0/s1. The molecule has 0 spiro atoms. The Balaban J connectivity index is 1.91. The van der Waals surface area contributed by atoms with Gasteiger partial charge in [-0.05, 0) is 18.2 Å². The summed E-state index contributed by atoms with van der Waals surface area (Å²) in [6, 6.07) is 4.33. The van der Waals surface area contributed by atoms with Crippen molar-refractivity contribution in [2.75, 3.05) is 29.6 Å². The average molecular weight is 453 g/mol. The summed E-state index contributed by atoms with van der Waals surface area (Å²) in [6.45, 7) is -1.11. The van der Waals surface area contributed by atoms with Gasteiger partial charge in [0.05, 0.1) is 28.3 Å². The highest BCUT2D eigenvalue weighted by Crippen LogP contribution is 2.43. The zero-order valence-corrected chi connectivity index (χ0v) is 16.8. The van der Waals surface area contributed by atoms with Crippen molar-refractivity contribution in [2.24, 2.45) is 4.99 Å². The third-order valence-electron chi connectivity index (χ3n) is 3.91. The molecular weight excluding hydrogens is 439 g/mol. The summed E-state index contributed by atoms with van der Waals surface area (Å²) in [5, 5.41) is 9.28. The fourth-order valence-corrected chi connectivity index (χ4v) is 7.18.